The van der Waals surface area contributed by atoms with Gasteiger partial charge in [0.2, 0.25) is 0 Å². The van der Waals surface area contributed by atoms with Crippen molar-refractivity contribution in [2.45, 2.75) is 10.8 Å². The molecular weight excluding hydrogens is 275 g/mol. The van der Waals surface area contributed by atoms with Gasteiger partial charge in [0.1, 0.15) is 5.82 Å². The van der Waals surface area contributed by atoms with Crippen LogP contribution in [0.15, 0.2) is 29.3 Å². The van der Waals surface area contributed by atoms with Gasteiger partial charge in [-0.1, -0.05) is 0 Å². The number of benzene rings is 1. The Hall–Kier alpha value is -1.94. The van der Waals surface area contributed by atoms with Gasteiger partial charge in [-0.15, -0.1) is 0 Å². The molecular formula is C12H8F3N3S. The van der Waals surface area contributed by atoms with Crippen molar-refractivity contribution in [2.24, 2.45) is 7.05 Å². The standard InChI is InChI=1S/C12H8F3N3S/c1-18-11(19-12(14)15)5-10(17-18)8-3-2-7(6-16)4-9(8)13/h2-5,12H,1H3. The first kappa shape index (κ1) is 13.5. The summed E-state index contributed by atoms with van der Waals surface area (Å²) in [5.74, 6) is -3.17. The number of nitrogens with zero attached hydrogens (tertiary/aromatic N) is 3. The quantitative estimate of drug-likeness (QED) is 0.811. The highest BCUT2D eigenvalue weighted by atomic mass is 32.2. The van der Waals surface area contributed by atoms with E-state index in [9.17, 15) is 13.2 Å². The molecule has 0 amide bonds. The normalized spacial score (nSPS) is 10.7. The van der Waals surface area contributed by atoms with E-state index in [1.165, 1.54) is 29.9 Å². The summed E-state index contributed by atoms with van der Waals surface area (Å²) in [5, 5.41) is 12.9. The van der Waals surface area contributed by atoms with Crippen LogP contribution in [-0.2, 0) is 7.05 Å². The summed E-state index contributed by atoms with van der Waals surface area (Å²) >= 11 is 0.346. The molecule has 19 heavy (non-hydrogen) atoms. The third kappa shape index (κ3) is 2.90. The summed E-state index contributed by atoms with van der Waals surface area (Å²) in [4.78, 5) is 0. The smallest absolute Gasteiger partial charge is 0.261 e. The Morgan fingerprint density at radius 3 is 2.68 bits per heavy atom. The molecule has 0 saturated carbocycles. The molecule has 0 radical (unpaired) electrons. The molecule has 0 aliphatic heterocycles. The van der Waals surface area contributed by atoms with Crippen LogP contribution in [0.1, 0.15) is 5.56 Å². The predicted octanol–water partition coefficient (Wildman–Crippen LogP) is 3.41. The third-order valence-electron chi connectivity index (χ3n) is 2.42. The van der Waals surface area contributed by atoms with E-state index in [2.05, 4.69) is 5.10 Å². The summed E-state index contributed by atoms with van der Waals surface area (Å²) in [6.07, 6.45) is 0. The van der Waals surface area contributed by atoms with E-state index in [-0.39, 0.29) is 21.8 Å². The molecule has 0 N–H and O–H groups in total. The van der Waals surface area contributed by atoms with Crippen LogP contribution in [0.2, 0.25) is 0 Å². The molecule has 0 atom stereocenters. The van der Waals surface area contributed by atoms with E-state index in [1.54, 1.807) is 0 Å². The zero-order valence-corrected chi connectivity index (χ0v) is 10.6. The topological polar surface area (TPSA) is 41.6 Å². The molecule has 98 valence electrons. The summed E-state index contributed by atoms with van der Waals surface area (Å²) in [7, 11) is 1.51. The van der Waals surface area contributed by atoms with Gasteiger partial charge in [-0.2, -0.15) is 19.1 Å². The van der Waals surface area contributed by atoms with Gasteiger partial charge in [-0.3, -0.25) is 4.68 Å². The van der Waals surface area contributed by atoms with E-state index < -0.39 is 11.6 Å². The van der Waals surface area contributed by atoms with Crippen LogP contribution in [0.25, 0.3) is 11.3 Å². The first-order chi connectivity index (χ1) is 9.01. The summed E-state index contributed by atoms with van der Waals surface area (Å²) < 4.78 is 39.6. The second-order valence-corrected chi connectivity index (χ2v) is 4.69. The number of alkyl halides is 2. The maximum atomic E-state index is 13.8. The van der Waals surface area contributed by atoms with Gasteiger partial charge < -0.3 is 0 Å². The van der Waals surface area contributed by atoms with E-state index >= 15 is 0 Å². The minimum Gasteiger partial charge on any atom is -0.261 e. The highest BCUT2D eigenvalue weighted by Crippen LogP contribution is 2.30. The van der Waals surface area contributed by atoms with Crippen molar-refractivity contribution in [3.63, 3.8) is 0 Å². The summed E-state index contributed by atoms with van der Waals surface area (Å²) in [5.41, 5.74) is 0.628. The Morgan fingerprint density at radius 2 is 2.11 bits per heavy atom. The molecule has 0 fully saturated rings. The third-order valence-corrected chi connectivity index (χ3v) is 3.22. The molecule has 0 saturated heterocycles. The lowest BCUT2D eigenvalue weighted by Gasteiger charge is -1.98. The molecule has 0 bridgehead atoms. The van der Waals surface area contributed by atoms with Gasteiger partial charge >= 0.3 is 0 Å². The summed E-state index contributed by atoms with van der Waals surface area (Å²) in [6.45, 7) is 0. The van der Waals surface area contributed by atoms with Gasteiger partial charge in [0, 0.05) is 12.6 Å². The second kappa shape index (κ2) is 5.36. The fourth-order valence-electron chi connectivity index (χ4n) is 1.58. The lowest BCUT2D eigenvalue weighted by molar-refractivity contribution is 0.251. The van der Waals surface area contributed by atoms with Crippen LogP contribution in [0.4, 0.5) is 13.2 Å². The number of hydrogen-bond donors (Lipinski definition) is 0. The number of rotatable bonds is 3. The Kier molecular flexibility index (Phi) is 3.81. The first-order valence-corrected chi connectivity index (χ1v) is 6.08. The number of aromatic nitrogens is 2. The zero-order chi connectivity index (χ0) is 14.0. The van der Waals surface area contributed by atoms with Crippen LogP contribution in [0.3, 0.4) is 0 Å². The zero-order valence-electron chi connectivity index (χ0n) is 9.77. The van der Waals surface area contributed by atoms with Crippen molar-refractivity contribution in [1.29, 1.82) is 5.26 Å². The minimum atomic E-state index is -2.56. The van der Waals surface area contributed by atoms with Crippen LogP contribution in [0, 0.1) is 17.1 Å². The second-order valence-electron chi connectivity index (χ2n) is 3.68. The predicted molar refractivity (Wildman–Crippen MR) is 65.2 cm³/mol. The fourth-order valence-corrected chi connectivity index (χ4v) is 2.13. The van der Waals surface area contributed by atoms with Crippen LogP contribution in [0.5, 0.6) is 0 Å². The molecule has 0 spiro atoms. The van der Waals surface area contributed by atoms with E-state index in [0.717, 1.165) is 6.07 Å². The lowest BCUT2D eigenvalue weighted by atomic mass is 10.1. The monoisotopic (exact) mass is 283 g/mol. The molecule has 1 heterocycles. The van der Waals surface area contributed by atoms with Crippen LogP contribution >= 0.6 is 11.8 Å². The Bertz CT molecular complexity index is 646. The van der Waals surface area contributed by atoms with Crippen molar-refractivity contribution < 1.29 is 13.2 Å². The van der Waals surface area contributed by atoms with Crippen molar-refractivity contribution in [3.05, 3.63) is 35.6 Å². The molecule has 0 aliphatic carbocycles. The Labute approximate surface area is 111 Å². The van der Waals surface area contributed by atoms with E-state index in [4.69, 9.17) is 5.26 Å². The lowest BCUT2D eigenvalue weighted by Crippen LogP contribution is -1.94. The molecule has 2 aromatic rings. The first-order valence-electron chi connectivity index (χ1n) is 5.20. The van der Waals surface area contributed by atoms with Crippen LogP contribution in [-0.4, -0.2) is 15.5 Å². The number of nitriles is 1. The van der Waals surface area contributed by atoms with E-state index in [0.29, 0.717) is 11.8 Å². The van der Waals surface area contributed by atoms with Crippen molar-refractivity contribution >= 4 is 11.8 Å². The van der Waals surface area contributed by atoms with Gasteiger partial charge in [0.05, 0.1) is 22.4 Å². The Balaban J connectivity index is 2.40. The SMILES string of the molecule is Cn1nc(-c2ccc(C#N)cc2F)cc1SC(F)F. The molecule has 3 nitrogen and oxygen atoms in total. The molecule has 2 rings (SSSR count). The maximum absolute atomic E-state index is 13.8. The molecule has 0 unspecified atom stereocenters. The molecule has 0 aliphatic rings. The van der Waals surface area contributed by atoms with Gasteiger partial charge in [-0.25, -0.2) is 4.39 Å². The maximum Gasteiger partial charge on any atom is 0.290 e. The molecule has 1 aromatic carbocycles. The van der Waals surface area contributed by atoms with Gasteiger partial charge in [-0.05, 0) is 36.0 Å². The number of hydrogen-bond acceptors (Lipinski definition) is 3. The molecule has 7 heteroatoms. The van der Waals surface area contributed by atoms with Crippen molar-refractivity contribution in [1.82, 2.24) is 9.78 Å². The largest absolute Gasteiger partial charge is 0.290 e. The van der Waals surface area contributed by atoms with Gasteiger partial charge in [0.15, 0.2) is 0 Å². The highest BCUT2D eigenvalue weighted by Gasteiger charge is 2.15. The number of halogens is 3. The van der Waals surface area contributed by atoms with E-state index in [1.807, 2.05) is 6.07 Å². The van der Waals surface area contributed by atoms with Crippen molar-refractivity contribution in [2.75, 3.05) is 0 Å². The minimum absolute atomic E-state index is 0.177. The van der Waals surface area contributed by atoms with Crippen LogP contribution < -0.4 is 0 Å². The van der Waals surface area contributed by atoms with Crippen molar-refractivity contribution in [3.8, 4) is 17.3 Å². The average Bonchev–Trinajstić information content (AvgIpc) is 2.69. The fraction of sp³-hybridized carbons (Fsp3) is 0.167. The molecule has 1 aromatic heterocycles. The summed E-state index contributed by atoms with van der Waals surface area (Å²) in [6, 6.07) is 7.16. The number of aryl methyl sites for hydroxylation is 1. The Morgan fingerprint density at radius 1 is 1.37 bits per heavy atom. The highest BCUT2D eigenvalue weighted by molar-refractivity contribution is 7.99. The number of thioether (sulfide) groups is 1. The van der Waals surface area contributed by atoms with Gasteiger partial charge in [0.25, 0.3) is 5.76 Å². The average molecular weight is 283 g/mol.